The molecule has 0 bridgehead atoms. The van der Waals surface area contributed by atoms with Crippen molar-refractivity contribution < 1.29 is 14.4 Å². The average molecular weight is 342 g/mol. The van der Waals surface area contributed by atoms with Crippen molar-refractivity contribution in [2.75, 3.05) is 0 Å². The number of carbonyl (C=O) groups excluding carboxylic acids is 3. The number of hydrogen-bond donors (Lipinski definition) is 3. The van der Waals surface area contributed by atoms with Gasteiger partial charge >= 0.3 is 0 Å². The van der Waals surface area contributed by atoms with E-state index in [1.165, 1.54) is 0 Å². The summed E-state index contributed by atoms with van der Waals surface area (Å²) >= 11 is 0. The van der Waals surface area contributed by atoms with Crippen molar-refractivity contribution in [3.63, 3.8) is 0 Å². The Kier molecular flexibility index (Phi) is 4.05. The predicted molar refractivity (Wildman–Crippen MR) is 90.3 cm³/mol. The van der Waals surface area contributed by atoms with Crippen LogP contribution in [0.1, 0.15) is 47.2 Å². The third-order valence-electron chi connectivity index (χ3n) is 5.43. The molecule has 1 aliphatic carbocycles. The van der Waals surface area contributed by atoms with Gasteiger partial charge in [0.05, 0.1) is 0 Å². The Balaban J connectivity index is 1.49. The first kappa shape index (κ1) is 16.2. The molecule has 2 aliphatic heterocycles. The van der Waals surface area contributed by atoms with Crippen molar-refractivity contribution >= 4 is 17.7 Å². The summed E-state index contributed by atoms with van der Waals surface area (Å²) in [5.41, 5.74) is 8.54. The summed E-state index contributed by atoms with van der Waals surface area (Å²) in [4.78, 5) is 37.8. The highest BCUT2D eigenvalue weighted by Gasteiger charge is 2.39. The number of carbonyl (C=O) groups is 3. The summed E-state index contributed by atoms with van der Waals surface area (Å²) in [6, 6.07) is 5.88. The van der Waals surface area contributed by atoms with Crippen LogP contribution in [0.2, 0.25) is 0 Å². The summed E-state index contributed by atoms with van der Waals surface area (Å²) in [6.45, 7) is 1.11. The maximum Gasteiger partial charge on any atom is 0.255 e. The van der Waals surface area contributed by atoms with Crippen LogP contribution in [0.3, 0.4) is 0 Å². The molecule has 4 N–H and O–H groups in total. The lowest BCUT2D eigenvalue weighted by atomic mass is 9.87. The van der Waals surface area contributed by atoms with Gasteiger partial charge in [0.15, 0.2) is 0 Å². The Morgan fingerprint density at radius 3 is 2.76 bits per heavy atom. The Labute approximate surface area is 145 Å². The van der Waals surface area contributed by atoms with Crippen LogP contribution in [0, 0.1) is 0 Å². The number of nitrogens with zero attached hydrogens (tertiary/aromatic N) is 1. The second-order valence-electron chi connectivity index (χ2n) is 7.15. The van der Waals surface area contributed by atoms with Crippen molar-refractivity contribution in [2.45, 2.75) is 56.9 Å². The van der Waals surface area contributed by atoms with Crippen molar-refractivity contribution in [2.24, 2.45) is 5.73 Å². The number of nitrogens with two attached hydrogens (primary N) is 1. The number of imide groups is 1. The van der Waals surface area contributed by atoms with E-state index >= 15 is 0 Å². The average Bonchev–Trinajstić information content (AvgIpc) is 2.88. The molecule has 3 amide bonds. The molecule has 1 saturated heterocycles. The van der Waals surface area contributed by atoms with Crippen LogP contribution in [-0.2, 0) is 22.7 Å². The van der Waals surface area contributed by atoms with E-state index in [1.54, 1.807) is 4.90 Å². The molecule has 0 spiro atoms. The summed E-state index contributed by atoms with van der Waals surface area (Å²) in [5, 5.41) is 5.82. The van der Waals surface area contributed by atoms with Crippen molar-refractivity contribution in [3.8, 4) is 0 Å². The fourth-order valence-electron chi connectivity index (χ4n) is 3.90. The zero-order valence-corrected chi connectivity index (χ0v) is 14.0. The monoisotopic (exact) mass is 342 g/mol. The van der Waals surface area contributed by atoms with E-state index in [0.717, 1.165) is 24.0 Å². The minimum absolute atomic E-state index is 0.128. The molecule has 0 aromatic heterocycles. The molecule has 2 heterocycles. The van der Waals surface area contributed by atoms with Gasteiger partial charge in [0.2, 0.25) is 11.8 Å². The van der Waals surface area contributed by atoms with Crippen LogP contribution in [0.25, 0.3) is 0 Å². The minimum atomic E-state index is -0.567. The highest BCUT2D eigenvalue weighted by atomic mass is 16.2. The van der Waals surface area contributed by atoms with Crippen molar-refractivity contribution in [1.82, 2.24) is 15.5 Å². The summed E-state index contributed by atoms with van der Waals surface area (Å²) in [5.74, 6) is -0.772. The number of piperidine rings is 1. The van der Waals surface area contributed by atoms with Gasteiger partial charge in [-0.05, 0) is 36.5 Å². The molecule has 7 heteroatoms. The molecular formula is C18H22N4O3. The van der Waals surface area contributed by atoms with Crippen molar-refractivity contribution in [3.05, 3.63) is 34.9 Å². The standard InChI is InChI=1S/C18H22N4O3/c19-11-6-12(7-11)20-8-10-2-1-3-13-14(10)9-22(18(13)25)15-4-5-16(23)21-17(15)24/h1-3,11-12,15,20H,4-9,19H2,(H,21,23,24). The number of amides is 3. The Hall–Kier alpha value is -2.25. The van der Waals surface area contributed by atoms with Gasteiger partial charge in [0.25, 0.3) is 5.91 Å². The fraction of sp³-hybridized carbons (Fsp3) is 0.500. The topological polar surface area (TPSA) is 105 Å². The van der Waals surface area contributed by atoms with Gasteiger partial charge in [-0.2, -0.15) is 0 Å². The summed E-state index contributed by atoms with van der Waals surface area (Å²) in [6.07, 6.45) is 2.62. The second-order valence-corrected chi connectivity index (χ2v) is 7.15. The van der Waals surface area contributed by atoms with E-state index < -0.39 is 6.04 Å². The molecule has 1 saturated carbocycles. The number of nitrogens with one attached hydrogen (secondary N) is 2. The van der Waals surface area contributed by atoms with Gasteiger partial charge in [-0.15, -0.1) is 0 Å². The Morgan fingerprint density at radius 2 is 2.04 bits per heavy atom. The largest absolute Gasteiger partial charge is 0.328 e. The van der Waals surface area contributed by atoms with Crippen LogP contribution in [-0.4, -0.2) is 40.7 Å². The van der Waals surface area contributed by atoms with Crippen LogP contribution in [0.15, 0.2) is 18.2 Å². The van der Waals surface area contributed by atoms with E-state index in [2.05, 4.69) is 10.6 Å². The maximum atomic E-state index is 12.7. The quantitative estimate of drug-likeness (QED) is 0.670. The summed E-state index contributed by atoms with van der Waals surface area (Å²) in [7, 11) is 0. The highest BCUT2D eigenvalue weighted by molar-refractivity contribution is 6.05. The molecule has 1 aromatic carbocycles. The van der Waals surface area contributed by atoms with Crippen LogP contribution in [0.4, 0.5) is 0 Å². The lowest BCUT2D eigenvalue weighted by Gasteiger charge is -2.33. The second kappa shape index (κ2) is 6.24. The molecule has 1 aromatic rings. The first-order chi connectivity index (χ1) is 12.0. The zero-order valence-electron chi connectivity index (χ0n) is 14.0. The van der Waals surface area contributed by atoms with Crippen LogP contribution in [0.5, 0.6) is 0 Å². The van der Waals surface area contributed by atoms with E-state index in [0.29, 0.717) is 37.2 Å². The molecule has 7 nitrogen and oxygen atoms in total. The third kappa shape index (κ3) is 2.94. The van der Waals surface area contributed by atoms with Gasteiger partial charge < -0.3 is 16.0 Å². The molecule has 2 fully saturated rings. The van der Waals surface area contributed by atoms with E-state index in [1.807, 2.05) is 18.2 Å². The normalized spacial score (nSPS) is 28.6. The lowest BCUT2D eigenvalue weighted by molar-refractivity contribution is -0.136. The Morgan fingerprint density at radius 1 is 1.24 bits per heavy atom. The molecule has 3 aliphatic rings. The van der Waals surface area contributed by atoms with E-state index in [9.17, 15) is 14.4 Å². The minimum Gasteiger partial charge on any atom is -0.328 e. The lowest BCUT2D eigenvalue weighted by Crippen LogP contribution is -2.52. The number of fused-ring (bicyclic) bond motifs is 1. The van der Waals surface area contributed by atoms with Gasteiger partial charge in [-0.25, -0.2) is 0 Å². The summed E-state index contributed by atoms with van der Waals surface area (Å²) < 4.78 is 0. The zero-order chi connectivity index (χ0) is 17.6. The van der Waals surface area contributed by atoms with E-state index in [-0.39, 0.29) is 24.1 Å². The fourth-order valence-corrected chi connectivity index (χ4v) is 3.90. The van der Waals surface area contributed by atoms with E-state index in [4.69, 9.17) is 5.73 Å². The molecule has 25 heavy (non-hydrogen) atoms. The third-order valence-corrected chi connectivity index (χ3v) is 5.43. The predicted octanol–water partition coefficient (Wildman–Crippen LogP) is 0.0269. The maximum absolute atomic E-state index is 12.7. The van der Waals surface area contributed by atoms with Crippen LogP contribution >= 0.6 is 0 Å². The smallest absolute Gasteiger partial charge is 0.255 e. The van der Waals surface area contributed by atoms with Gasteiger partial charge in [0, 0.05) is 37.2 Å². The highest BCUT2D eigenvalue weighted by Crippen LogP contribution is 2.30. The van der Waals surface area contributed by atoms with Gasteiger partial charge in [-0.3, -0.25) is 19.7 Å². The molecule has 132 valence electrons. The van der Waals surface area contributed by atoms with Crippen LogP contribution < -0.4 is 16.4 Å². The van der Waals surface area contributed by atoms with Gasteiger partial charge in [-0.1, -0.05) is 12.1 Å². The molecule has 1 unspecified atom stereocenters. The molecule has 0 radical (unpaired) electrons. The number of benzene rings is 1. The molecule has 1 atom stereocenters. The molecule has 4 rings (SSSR count). The Bertz CT molecular complexity index is 742. The first-order valence-corrected chi connectivity index (χ1v) is 8.77. The molecular weight excluding hydrogens is 320 g/mol. The number of rotatable bonds is 4. The van der Waals surface area contributed by atoms with Gasteiger partial charge in [0.1, 0.15) is 6.04 Å². The SMILES string of the molecule is NC1CC(NCc2cccc3c2CN(C2CCC(=O)NC2=O)C3=O)C1. The van der Waals surface area contributed by atoms with Crippen molar-refractivity contribution in [1.29, 1.82) is 0 Å². The first-order valence-electron chi connectivity index (χ1n) is 8.77. The number of hydrogen-bond acceptors (Lipinski definition) is 5.